The molecule has 0 radical (unpaired) electrons. The normalized spacial score (nSPS) is 12.1. The van der Waals surface area contributed by atoms with E-state index in [1.807, 2.05) is 38.1 Å². The Kier molecular flexibility index (Phi) is 9.25. The molecule has 26 heavy (non-hydrogen) atoms. The van der Waals surface area contributed by atoms with Crippen molar-refractivity contribution in [3.8, 4) is 11.5 Å². The van der Waals surface area contributed by atoms with Gasteiger partial charge in [0.15, 0.2) is 11.7 Å². The van der Waals surface area contributed by atoms with Gasteiger partial charge in [-0.2, -0.15) is 0 Å². The maximum absolute atomic E-state index is 5.45. The molecule has 2 rings (SSSR count). The van der Waals surface area contributed by atoms with Gasteiger partial charge in [0.1, 0.15) is 11.5 Å². The van der Waals surface area contributed by atoms with Crippen molar-refractivity contribution in [1.82, 2.24) is 15.8 Å². The molecule has 0 saturated heterocycles. The van der Waals surface area contributed by atoms with Crippen LogP contribution in [0.5, 0.6) is 11.5 Å². The number of guanidine groups is 1. The van der Waals surface area contributed by atoms with Crippen LogP contribution in [0, 0.1) is 0 Å². The number of methoxy groups -OCH3 is 2. The summed E-state index contributed by atoms with van der Waals surface area (Å²) >= 11 is 0. The number of halogens is 1. The van der Waals surface area contributed by atoms with Crippen molar-refractivity contribution in [2.45, 2.75) is 32.9 Å². The van der Waals surface area contributed by atoms with Crippen molar-refractivity contribution < 1.29 is 14.0 Å². The first-order valence-corrected chi connectivity index (χ1v) is 8.24. The number of nitrogens with zero attached hydrogens (tertiary/aromatic N) is 2. The predicted molar refractivity (Wildman–Crippen MR) is 113 cm³/mol. The highest BCUT2D eigenvalue weighted by Crippen LogP contribution is 2.29. The first-order valence-electron chi connectivity index (χ1n) is 8.24. The van der Waals surface area contributed by atoms with E-state index in [-0.39, 0.29) is 30.0 Å². The minimum atomic E-state index is -0.0304. The SMILES string of the molecule is CCc1cc(CNC(=NC)NC(C)c2cc(OC)ccc2OC)on1.I. The molecule has 7 nitrogen and oxygen atoms in total. The highest BCUT2D eigenvalue weighted by atomic mass is 127. The molecule has 0 saturated carbocycles. The molecule has 1 unspecified atom stereocenters. The Bertz CT molecular complexity index is 718. The molecule has 0 aliphatic rings. The zero-order chi connectivity index (χ0) is 18.2. The monoisotopic (exact) mass is 474 g/mol. The zero-order valence-corrected chi connectivity index (χ0v) is 18.2. The Hall–Kier alpha value is -1.97. The lowest BCUT2D eigenvalue weighted by atomic mass is 10.1. The van der Waals surface area contributed by atoms with Gasteiger partial charge in [-0.25, -0.2) is 0 Å². The number of nitrogens with one attached hydrogen (secondary N) is 2. The Balaban J connectivity index is 0.00000338. The largest absolute Gasteiger partial charge is 0.497 e. The molecular weight excluding hydrogens is 447 g/mol. The van der Waals surface area contributed by atoms with Gasteiger partial charge in [-0.15, -0.1) is 24.0 Å². The Morgan fingerprint density at radius 3 is 2.62 bits per heavy atom. The van der Waals surface area contributed by atoms with Crippen LogP contribution in [-0.4, -0.2) is 32.4 Å². The van der Waals surface area contributed by atoms with E-state index in [0.717, 1.165) is 34.9 Å². The van der Waals surface area contributed by atoms with Crippen molar-refractivity contribution in [1.29, 1.82) is 0 Å². The maximum Gasteiger partial charge on any atom is 0.191 e. The smallest absolute Gasteiger partial charge is 0.191 e. The second kappa shape index (κ2) is 10.9. The summed E-state index contributed by atoms with van der Waals surface area (Å²) in [7, 11) is 5.02. The van der Waals surface area contributed by atoms with Crippen molar-refractivity contribution in [2.75, 3.05) is 21.3 Å². The molecule has 2 aromatic rings. The zero-order valence-electron chi connectivity index (χ0n) is 15.8. The highest BCUT2D eigenvalue weighted by molar-refractivity contribution is 14.0. The average molecular weight is 474 g/mol. The average Bonchev–Trinajstić information content (AvgIpc) is 3.12. The standard InChI is InChI=1S/C18H26N4O3.HI/c1-6-13-9-15(25-22-13)11-20-18(19-3)21-12(2)16-10-14(23-4)7-8-17(16)24-5;/h7-10,12H,6,11H2,1-5H3,(H2,19,20,21);1H. The van der Waals surface area contributed by atoms with Crippen LogP contribution in [0.1, 0.15) is 36.9 Å². The topological polar surface area (TPSA) is 80.9 Å². The molecule has 0 fully saturated rings. The lowest BCUT2D eigenvalue weighted by Crippen LogP contribution is -2.38. The molecule has 1 heterocycles. The molecule has 144 valence electrons. The van der Waals surface area contributed by atoms with Crippen LogP contribution in [0.4, 0.5) is 0 Å². The summed E-state index contributed by atoms with van der Waals surface area (Å²) in [6.45, 7) is 4.58. The third-order valence-corrected chi connectivity index (χ3v) is 3.88. The number of aliphatic imine (C=N–C) groups is 1. The van der Waals surface area contributed by atoms with Gasteiger partial charge < -0.3 is 24.6 Å². The number of rotatable bonds is 7. The second-order valence-corrected chi connectivity index (χ2v) is 5.54. The number of hydrogen-bond donors (Lipinski definition) is 2. The molecular formula is C18H27IN4O3. The number of aromatic nitrogens is 1. The lowest BCUT2D eigenvalue weighted by Gasteiger charge is -2.20. The van der Waals surface area contributed by atoms with Gasteiger partial charge >= 0.3 is 0 Å². The van der Waals surface area contributed by atoms with E-state index in [9.17, 15) is 0 Å². The fourth-order valence-electron chi connectivity index (χ4n) is 2.43. The minimum absolute atomic E-state index is 0. The summed E-state index contributed by atoms with van der Waals surface area (Å²) in [6, 6.07) is 7.63. The Labute approximate surface area is 171 Å². The first kappa shape index (κ1) is 22.1. The number of hydrogen-bond acceptors (Lipinski definition) is 5. The predicted octanol–water partition coefficient (Wildman–Crippen LogP) is 3.30. The summed E-state index contributed by atoms with van der Waals surface area (Å²) in [5, 5.41) is 10.5. The third kappa shape index (κ3) is 5.79. The fraction of sp³-hybridized carbons (Fsp3) is 0.444. The van der Waals surface area contributed by atoms with Gasteiger partial charge in [-0.3, -0.25) is 4.99 Å². The van der Waals surface area contributed by atoms with E-state index in [1.165, 1.54) is 0 Å². The van der Waals surface area contributed by atoms with E-state index in [2.05, 4.69) is 20.8 Å². The van der Waals surface area contributed by atoms with Crippen molar-refractivity contribution >= 4 is 29.9 Å². The van der Waals surface area contributed by atoms with Crippen LogP contribution in [0.15, 0.2) is 33.8 Å². The van der Waals surface area contributed by atoms with Gasteiger partial charge in [0.05, 0.1) is 32.5 Å². The van der Waals surface area contributed by atoms with E-state index in [4.69, 9.17) is 14.0 Å². The number of ether oxygens (including phenoxy) is 2. The molecule has 1 aromatic carbocycles. The molecule has 0 bridgehead atoms. The highest BCUT2D eigenvalue weighted by Gasteiger charge is 2.14. The van der Waals surface area contributed by atoms with Gasteiger partial charge in [-0.05, 0) is 31.5 Å². The van der Waals surface area contributed by atoms with Crippen molar-refractivity contribution in [3.05, 3.63) is 41.3 Å². The summed E-state index contributed by atoms with van der Waals surface area (Å²) in [5.74, 6) is 3.00. The first-order chi connectivity index (χ1) is 12.1. The quantitative estimate of drug-likeness (QED) is 0.364. The number of benzene rings is 1. The Morgan fingerprint density at radius 2 is 2.04 bits per heavy atom. The van der Waals surface area contributed by atoms with Crippen LogP contribution in [-0.2, 0) is 13.0 Å². The molecule has 0 amide bonds. The van der Waals surface area contributed by atoms with Gasteiger partial charge in [0.2, 0.25) is 0 Å². The van der Waals surface area contributed by atoms with Gasteiger partial charge in [-0.1, -0.05) is 12.1 Å². The molecule has 8 heteroatoms. The number of aryl methyl sites for hydroxylation is 1. The Morgan fingerprint density at radius 1 is 1.27 bits per heavy atom. The molecule has 0 aliphatic carbocycles. The molecule has 1 atom stereocenters. The molecule has 0 spiro atoms. The van der Waals surface area contributed by atoms with E-state index in [0.29, 0.717) is 12.5 Å². The van der Waals surface area contributed by atoms with E-state index in [1.54, 1.807) is 21.3 Å². The second-order valence-electron chi connectivity index (χ2n) is 5.54. The van der Waals surface area contributed by atoms with Crippen molar-refractivity contribution in [2.24, 2.45) is 4.99 Å². The minimum Gasteiger partial charge on any atom is -0.497 e. The summed E-state index contributed by atoms with van der Waals surface area (Å²) < 4.78 is 16.0. The molecule has 2 N–H and O–H groups in total. The van der Waals surface area contributed by atoms with Gasteiger partial charge in [0, 0.05) is 18.7 Å². The molecule has 0 aliphatic heterocycles. The maximum atomic E-state index is 5.45. The van der Waals surface area contributed by atoms with Crippen LogP contribution in [0.3, 0.4) is 0 Å². The van der Waals surface area contributed by atoms with Crippen LogP contribution in [0.2, 0.25) is 0 Å². The van der Waals surface area contributed by atoms with Crippen LogP contribution < -0.4 is 20.1 Å². The van der Waals surface area contributed by atoms with Crippen LogP contribution >= 0.6 is 24.0 Å². The molecule has 1 aromatic heterocycles. The van der Waals surface area contributed by atoms with Gasteiger partial charge in [0.25, 0.3) is 0 Å². The van der Waals surface area contributed by atoms with E-state index >= 15 is 0 Å². The summed E-state index contributed by atoms with van der Waals surface area (Å²) in [6.07, 6.45) is 0.850. The summed E-state index contributed by atoms with van der Waals surface area (Å²) in [5.41, 5.74) is 1.92. The third-order valence-electron chi connectivity index (χ3n) is 3.88. The van der Waals surface area contributed by atoms with E-state index < -0.39 is 0 Å². The lowest BCUT2D eigenvalue weighted by molar-refractivity contribution is 0.374. The fourth-order valence-corrected chi connectivity index (χ4v) is 2.43. The summed E-state index contributed by atoms with van der Waals surface area (Å²) in [4.78, 5) is 4.25. The van der Waals surface area contributed by atoms with Crippen LogP contribution in [0.25, 0.3) is 0 Å². The van der Waals surface area contributed by atoms with Crippen molar-refractivity contribution in [3.63, 3.8) is 0 Å².